The number of nitrogens with one attached hydrogen (secondary N) is 1. The zero-order valence-corrected chi connectivity index (χ0v) is 14.0. The molecule has 0 aromatic heterocycles. The van der Waals surface area contributed by atoms with E-state index < -0.39 is 0 Å². The Labute approximate surface area is 136 Å². The van der Waals surface area contributed by atoms with Crippen LogP contribution in [-0.4, -0.2) is 29.9 Å². The van der Waals surface area contributed by atoms with Gasteiger partial charge in [-0.25, -0.2) is 4.39 Å². The fourth-order valence-electron chi connectivity index (χ4n) is 2.72. The number of piperidine rings is 1. The summed E-state index contributed by atoms with van der Waals surface area (Å²) in [5.74, 6) is -0.0385. The number of benzene rings is 1. The van der Waals surface area contributed by atoms with E-state index >= 15 is 0 Å². The first-order valence-corrected chi connectivity index (χ1v) is 8.34. The molecule has 1 aromatic rings. The Bertz CT molecular complexity index is 495. The number of hydrogen-bond acceptors (Lipinski definition) is 2. The third-order valence-corrected chi connectivity index (χ3v) is 4.76. The van der Waals surface area contributed by atoms with Crippen LogP contribution in [0.25, 0.3) is 0 Å². The van der Waals surface area contributed by atoms with Crippen LogP contribution >= 0.6 is 11.6 Å². The van der Waals surface area contributed by atoms with E-state index in [4.69, 9.17) is 11.6 Å². The van der Waals surface area contributed by atoms with Gasteiger partial charge in [-0.15, -0.1) is 0 Å². The van der Waals surface area contributed by atoms with Crippen molar-refractivity contribution in [3.8, 4) is 0 Å². The maximum atomic E-state index is 13.8. The predicted molar refractivity (Wildman–Crippen MR) is 87.3 cm³/mol. The SMILES string of the molecule is CC[C@@H](C)NC(=O)C1CCN(Cc2c(F)cccc2Cl)CC1. The molecule has 0 spiro atoms. The van der Waals surface area contributed by atoms with Crippen LogP contribution < -0.4 is 5.32 Å². The van der Waals surface area contributed by atoms with E-state index in [-0.39, 0.29) is 23.7 Å². The molecule has 1 saturated heterocycles. The van der Waals surface area contributed by atoms with Crippen LogP contribution in [0.1, 0.15) is 38.7 Å². The zero-order valence-electron chi connectivity index (χ0n) is 13.2. The second-order valence-corrected chi connectivity index (χ2v) is 6.48. The third-order valence-electron chi connectivity index (χ3n) is 4.40. The Kier molecular flexibility index (Phi) is 6.21. The molecule has 5 heteroatoms. The lowest BCUT2D eigenvalue weighted by Gasteiger charge is -2.32. The van der Waals surface area contributed by atoms with Gasteiger partial charge in [0.1, 0.15) is 5.82 Å². The standard InChI is InChI=1S/C17H24ClFN2O/c1-3-12(2)20-17(22)13-7-9-21(10-8-13)11-14-15(18)5-4-6-16(14)19/h4-6,12-13H,3,7-11H2,1-2H3,(H,20,22)/t12-/m1/s1. The highest BCUT2D eigenvalue weighted by molar-refractivity contribution is 6.31. The third kappa shape index (κ3) is 4.43. The lowest BCUT2D eigenvalue weighted by atomic mass is 9.95. The summed E-state index contributed by atoms with van der Waals surface area (Å²) in [6, 6.07) is 5.00. The van der Waals surface area contributed by atoms with E-state index in [9.17, 15) is 9.18 Å². The van der Waals surface area contributed by atoms with Crippen molar-refractivity contribution in [2.45, 2.75) is 45.7 Å². The van der Waals surface area contributed by atoms with Gasteiger partial charge in [0.25, 0.3) is 0 Å². The van der Waals surface area contributed by atoms with E-state index in [0.29, 0.717) is 17.1 Å². The number of carbonyl (C=O) groups is 1. The van der Waals surface area contributed by atoms with Gasteiger partial charge in [0.05, 0.1) is 0 Å². The van der Waals surface area contributed by atoms with Gasteiger partial charge in [-0.2, -0.15) is 0 Å². The lowest BCUT2D eigenvalue weighted by Crippen LogP contribution is -2.42. The monoisotopic (exact) mass is 326 g/mol. The Morgan fingerprint density at radius 2 is 2.14 bits per heavy atom. The van der Waals surface area contributed by atoms with Gasteiger partial charge in [-0.05, 0) is 51.4 Å². The number of nitrogens with zero attached hydrogens (tertiary/aromatic N) is 1. The van der Waals surface area contributed by atoms with Crippen molar-refractivity contribution in [1.82, 2.24) is 10.2 Å². The topological polar surface area (TPSA) is 32.3 Å². The molecule has 22 heavy (non-hydrogen) atoms. The summed E-state index contributed by atoms with van der Waals surface area (Å²) < 4.78 is 13.8. The van der Waals surface area contributed by atoms with Gasteiger partial charge >= 0.3 is 0 Å². The molecule has 1 aliphatic heterocycles. The van der Waals surface area contributed by atoms with Crippen molar-refractivity contribution in [2.75, 3.05) is 13.1 Å². The largest absolute Gasteiger partial charge is 0.353 e. The second kappa shape index (κ2) is 7.93. The molecule has 2 rings (SSSR count). The van der Waals surface area contributed by atoms with Gasteiger partial charge in [0.2, 0.25) is 5.91 Å². The summed E-state index contributed by atoms with van der Waals surface area (Å²) in [5.41, 5.74) is 0.548. The van der Waals surface area contributed by atoms with Crippen LogP contribution in [0.5, 0.6) is 0 Å². The number of amides is 1. The van der Waals surface area contributed by atoms with E-state index in [0.717, 1.165) is 32.4 Å². The van der Waals surface area contributed by atoms with E-state index in [1.807, 2.05) is 6.92 Å². The molecule has 3 nitrogen and oxygen atoms in total. The Balaban J connectivity index is 1.86. The average Bonchev–Trinajstić information content (AvgIpc) is 2.51. The van der Waals surface area contributed by atoms with Gasteiger partial charge in [-0.1, -0.05) is 24.6 Å². The molecule has 1 amide bonds. The summed E-state index contributed by atoms with van der Waals surface area (Å²) in [7, 11) is 0. The molecule has 1 atom stereocenters. The van der Waals surface area contributed by atoms with Crippen LogP contribution in [0.15, 0.2) is 18.2 Å². The van der Waals surface area contributed by atoms with E-state index in [2.05, 4.69) is 17.1 Å². The van der Waals surface area contributed by atoms with Gasteiger partial charge in [0.15, 0.2) is 0 Å². The summed E-state index contributed by atoms with van der Waals surface area (Å²) in [4.78, 5) is 14.3. The molecule has 1 fully saturated rings. The zero-order chi connectivity index (χ0) is 16.1. The minimum atomic E-state index is -0.260. The van der Waals surface area contributed by atoms with Crippen LogP contribution in [0.2, 0.25) is 5.02 Å². The molecular weight excluding hydrogens is 303 g/mol. The molecule has 0 unspecified atom stereocenters. The Morgan fingerprint density at radius 1 is 1.45 bits per heavy atom. The average molecular weight is 327 g/mol. The van der Waals surface area contributed by atoms with Crippen molar-refractivity contribution in [3.63, 3.8) is 0 Å². The first-order valence-electron chi connectivity index (χ1n) is 7.96. The number of halogens is 2. The van der Waals surface area contributed by atoms with Crippen molar-refractivity contribution in [3.05, 3.63) is 34.6 Å². The number of likely N-dealkylation sites (tertiary alicyclic amines) is 1. The van der Waals surface area contributed by atoms with E-state index in [1.165, 1.54) is 6.07 Å². The van der Waals surface area contributed by atoms with Crippen LogP contribution in [-0.2, 0) is 11.3 Å². The molecule has 1 N–H and O–H groups in total. The molecule has 0 aliphatic carbocycles. The quantitative estimate of drug-likeness (QED) is 0.896. The Morgan fingerprint density at radius 3 is 2.73 bits per heavy atom. The maximum absolute atomic E-state index is 13.8. The molecule has 1 heterocycles. The number of hydrogen-bond donors (Lipinski definition) is 1. The highest BCUT2D eigenvalue weighted by Crippen LogP contribution is 2.24. The fraction of sp³-hybridized carbons (Fsp3) is 0.588. The minimum Gasteiger partial charge on any atom is -0.353 e. The highest BCUT2D eigenvalue weighted by Gasteiger charge is 2.26. The molecule has 0 saturated carbocycles. The smallest absolute Gasteiger partial charge is 0.223 e. The fourth-order valence-corrected chi connectivity index (χ4v) is 2.95. The van der Waals surface area contributed by atoms with Crippen LogP contribution in [0.4, 0.5) is 4.39 Å². The Hall–Kier alpha value is -1.13. The normalized spacial score (nSPS) is 18.2. The number of carbonyl (C=O) groups excluding carboxylic acids is 1. The lowest BCUT2D eigenvalue weighted by molar-refractivity contribution is -0.127. The summed E-state index contributed by atoms with van der Waals surface area (Å²) >= 11 is 6.07. The molecule has 122 valence electrons. The molecule has 0 bridgehead atoms. The minimum absolute atomic E-state index is 0.0707. The van der Waals surface area contributed by atoms with Crippen LogP contribution in [0.3, 0.4) is 0 Å². The predicted octanol–water partition coefficient (Wildman–Crippen LogP) is 3.61. The van der Waals surface area contributed by atoms with Gasteiger partial charge in [-0.3, -0.25) is 9.69 Å². The van der Waals surface area contributed by atoms with Gasteiger partial charge in [0, 0.05) is 29.1 Å². The van der Waals surface area contributed by atoms with Crippen molar-refractivity contribution in [1.29, 1.82) is 0 Å². The van der Waals surface area contributed by atoms with Crippen LogP contribution in [0, 0.1) is 11.7 Å². The maximum Gasteiger partial charge on any atom is 0.223 e. The molecule has 1 aromatic carbocycles. The van der Waals surface area contributed by atoms with Crippen molar-refractivity contribution < 1.29 is 9.18 Å². The second-order valence-electron chi connectivity index (χ2n) is 6.07. The molecular formula is C17H24ClFN2O. The summed E-state index contributed by atoms with van der Waals surface area (Å²) in [6.45, 7) is 6.18. The summed E-state index contributed by atoms with van der Waals surface area (Å²) in [5, 5.41) is 3.51. The summed E-state index contributed by atoms with van der Waals surface area (Å²) in [6.07, 6.45) is 2.57. The van der Waals surface area contributed by atoms with Crippen molar-refractivity contribution in [2.24, 2.45) is 5.92 Å². The van der Waals surface area contributed by atoms with E-state index in [1.54, 1.807) is 12.1 Å². The first-order chi connectivity index (χ1) is 10.5. The highest BCUT2D eigenvalue weighted by atomic mass is 35.5. The van der Waals surface area contributed by atoms with Crippen molar-refractivity contribution >= 4 is 17.5 Å². The number of rotatable bonds is 5. The molecule has 1 aliphatic rings. The first kappa shape index (κ1) is 17.2. The van der Waals surface area contributed by atoms with Gasteiger partial charge < -0.3 is 5.32 Å². The molecule has 0 radical (unpaired) electrons.